The van der Waals surface area contributed by atoms with Crippen molar-refractivity contribution in [1.29, 1.82) is 0 Å². The van der Waals surface area contributed by atoms with Gasteiger partial charge in [0.2, 0.25) is 10.0 Å². The second-order valence-corrected chi connectivity index (χ2v) is 9.91. The highest BCUT2D eigenvalue weighted by molar-refractivity contribution is 9.10. The maximum Gasteiger partial charge on any atom is 0.309 e. The zero-order chi connectivity index (χ0) is 18.0. The van der Waals surface area contributed by atoms with Gasteiger partial charge in [-0.05, 0) is 62.3 Å². The molecule has 3 rings (SSSR count). The predicted octanol–water partition coefficient (Wildman–Crippen LogP) is 3.43. The third-order valence-corrected chi connectivity index (χ3v) is 7.55. The van der Waals surface area contributed by atoms with E-state index in [0.29, 0.717) is 25.9 Å². The Morgan fingerprint density at radius 2 is 2.00 bits per heavy atom. The lowest BCUT2D eigenvalue weighted by Crippen LogP contribution is -2.41. The van der Waals surface area contributed by atoms with E-state index in [9.17, 15) is 13.2 Å². The van der Waals surface area contributed by atoms with Crippen molar-refractivity contribution in [3.05, 3.63) is 33.8 Å². The second-order valence-electron chi connectivity index (χ2n) is 6.73. The van der Waals surface area contributed by atoms with Crippen LogP contribution in [0.1, 0.15) is 49.8 Å². The van der Waals surface area contributed by atoms with Crippen molar-refractivity contribution in [2.24, 2.45) is 5.92 Å². The second kappa shape index (κ2) is 7.76. The number of halogens is 1. The van der Waals surface area contributed by atoms with Crippen molar-refractivity contribution >= 4 is 31.9 Å². The standard InChI is InChI=1S/C18H24BrNO4S/c1-2-25(22,23)20-10-8-14(9-11-20)18(21)24-17-5-3-4-13-6-7-15(19)12-16(13)17/h6-7,12,14,17H,2-5,8-11H2,1H3. The average molecular weight is 430 g/mol. The van der Waals surface area contributed by atoms with E-state index in [-0.39, 0.29) is 23.7 Å². The normalized spacial score (nSPS) is 22.4. The van der Waals surface area contributed by atoms with Crippen LogP contribution in [0.5, 0.6) is 0 Å². The lowest BCUT2D eigenvalue weighted by molar-refractivity contribution is -0.156. The molecule has 1 aliphatic heterocycles. The lowest BCUT2D eigenvalue weighted by Gasteiger charge is -2.32. The molecule has 0 amide bonds. The number of piperidine rings is 1. The number of rotatable bonds is 4. The Morgan fingerprint density at radius 1 is 1.28 bits per heavy atom. The Morgan fingerprint density at radius 3 is 2.68 bits per heavy atom. The monoisotopic (exact) mass is 429 g/mol. The fourth-order valence-corrected chi connectivity index (χ4v) is 5.15. The Labute approximate surface area is 157 Å². The average Bonchev–Trinajstić information content (AvgIpc) is 2.62. The van der Waals surface area contributed by atoms with E-state index in [2.05, 4.69) is 22.0 Å². The fraction of sp³-hybridized carbons (Fsp3) is 0.611. The van der Waals surface area contributed by atoms with E-state index in [1.54, 1.807) is 6.92 Å². The summed E-state index contributed by atoms with van der Waals surface area (Å²) in [5.74, 6) is -0.289. The first-order valence-corrected chi connectivity index (χ1v) is 11.3. The number of sulfonamides is 1. The quantitative estimate of drug-likeness (QED) is 0.687. The van der Waals surface area contributed by atoms with Gasteiger partial charge in [0.1, 0.15) is 6.10 Å². The molecule has 1 saturated heterocycles. The number of esters is 1. The number of benzene rings is 1. The summed E-state index contributed by atoms with van der Waals surface area (Å²) in [5.41, 5.74) is 2.34. The zero-order valence-corrected chi connectivity index (χ0v) is 16.8. The smallest absolute Gasteiger partial charge is 0.309 e. The van der Waals surface area contributed by atoms with Crippen LogP contribution >= 0.6 is 15.9 Å². The lowest BCUT2D eigenvalue weighted by atomic mass is 9.89. The van der Waals surface area contributed by atoms with E-state index in [1.807, 2.05) is 12.1 Å². The fourth-order valence-electron chi connectivity index (χ4n) is 3.64. The van der Waals surface area contributed by atoms with E-state index in [0.717, 1.165) is 29.3 Å². The summed E-state index contributed by atoms with van der Waals surface area (Å²) in [4.78, 5) is 12.6. The summed E-state index contributed by atoms with van der Waals surface area (Å²) in [5, 5.41) is 0. The van der Waals surface area contributed by atoms with Crippen LogP contribution in [-0.2, 0) is 26.0 Å². The minimum absolute atomic E-state index is 0.107. The first-order valence-electron chi connectivity index (χ1n) is 8.87. The molecule has 1 unspecified atom stereocenters. The predicted molar refractivity (Wildman–Crippen MR) is 99.7 cm³/mol. The minimum Gasteiger partial charge on any atom is -0.457 e. The first kappa shape index (κ1) is 18.9. The number of aryl methyl sites for hydroxylation is 1. The third-order valence-electron chi connectivity index (χ3n) is 5.17. The van der Waals surface area contributed by atoms with Gasteiger partial charge in [0.05, 0.1) is 11.7 Å². The Hall–Kier alpha value is -0.920. The molecule has 7 heteroatoms. The number of carbonyl (C=O) groups is 1. The largest absolute Gasteiger partial charge is 0.457 e. The molecule has 0 spiro atoms. The molecule has 25 heavy (non-hydrogen) atoms. The summed E-state index contributed by atoms with van der Waals surface area (Å²) in [6.07, 6.45) is 3.76. The summed E-state index contributed by atoms with van der Waals surface area (Å²) in [7, 11) is -3.17. The number of hydrogen-bond acceptors (Lipinski definition) is 4. The molecular weight excluding hydrogens is 406 g/mol. The molecule has 0 N–H and O–H groups in total. The van der Waals surface area contributed by atoms with Crippen molar-refractivity contribution in [3.63, 3.8) is 0 Å². The molecule has 0 radical (unpaired) electrons. The Kier molecular flexibility index (Phi) is 5.85. The van der Waals surface area contributed by atoms with Crippen molar-refractivity contribution in [2.45, 2.75) is 45.1 Å². The highest BCUT2D eigenvalue weighted by Gasteiger charge is 2.33. The van der Waals surface area contributed by atoms with Gasteiger partial charge in [-0.15, -0.1) is 0 Å². The maximum atomic E-state index is 12.6. The van der Waals surface area contributed by atoms with Crippen molar-refractivity contribution in [2.75, 3.05) is 18.8 Å². The molecule has 5 nitrogen and oxygen atoms in total. The van der Waals surface area contributed by atoms with Gasteiger partial charge in [-0.25, -0.2) is 12.7 Å². The molecule has 1 heterocycles. The summed E-state index contributed by atoms with van der Waals surface area (Å²) >= 11 is 3.49. The van der Waals surface area contributed by atoms with Gasteiger partial charge in [0, 0.05) is 17.6 Å². The number of fused-ring (bicyclic) bond motifs is 1. The van der Waals surface area contributed by atoms with E-state index in [4.69, 9.17) is 4.74 Å². The molecule has 0 aromatic heterocycles. The number of nitrogens with zero attached hydrogens (tertiary/aromatic N) is 1. The van der Waals surface area contributed by atoms with E-state index < -0.39 is 10.0 Å². The SMILES string of the molecule is CCS(=O)(=O)N1CCC(C(=O)OC2CCCc3ccc(Br)cc32)CC1. The molecule has 1 fully saturated rings. The van der Waals surface area contributed by atoms with Gasteiger partial charge in [0.15, 0.2) is 0 Å². The first-order chi connectivity index (χ1) is 11.9. The maximum absolute atomic E-state index is 12.6. The highest BCUT2D eigenvalue weighted by Crippen LogP contribution is 2.35. The molecule has 0 saturated carbocycles. The number of carbonyl (C=O) groups excluding carboxylic acids is 1. The molecule has 1 aliphatic carbocycles. The van der Waals surface area contributed by atoms with E-state index in [1.165, 1.54) is 9.87 Å². The van der Waals surface area contributed by atoms with Gasteiger partial charge in [-0.2, -0.15) is 0 Å². The molecule has 1 atom stereocenters. The van der Waals surface area contributed by atoms with Gasteiger partial charge in [-0.1, -0.05) is 22.0 Å². The van der Waals surface area contributed by atoms with Crippen LogP contribution in [0.25, 0.3) is 0 Å². The molecule has 0 bridgehead atoms. The van der Waals surface area contributed by atoms with Crippen molar-refractivity contribution < 1.29 is 17.9 Å². The van der Waals surface area contributed by atoms with Crippen molar-refractivity contribution in [3.8, 4) is 0 Å². The molecule has 1 aromatic rings. The van der Waals surface area contributed by atoms with Gasteiger partial charge >= 0.3 is 5.97 Å². The minimum atomic E-state index is -3.17. The van der Waals surface area contributed by atoms with Gasteiger partial charge in [-0.3, -0.25) is 4.79 Å². The van der Waals surface area contributed by atoms with Crippen LogP contribution in [0.15, 0.2) is 22.7 Å². The zero-order valence-electron chi connectivity index (χ0n) is 14.4. The highest BCUT2D eigenvalue weighted by atomic mass is 79.9. The van der Waals surface area contributed by atoms with Crippen LogP contribution in [-0.4, -0.2) is 37.5 Å². The number of ether oxygens (including phenoxy) is 1. The molecule has 138 valence electrons. The Bertz CT molecular complexity index is 741. The summed E-state index contributed by atoms with van der Waals surface area (Å²) in [6.45, 7) is 2.46. The Balaban J connectivity index is 1.62. The number of hydrogen-bond donors (Lipinski definition) is 0. The van der Waals surface area contributed by atoms with Crippen LogP contribution < -0.4 is 0 Å². The summed E-state index contributed by atoms with van der Waals surface area (Å²) < 4.78 is 32.2. The van der Waals surface area contributed by atoms with Crippen LogP contribution in [0, 0.1) is 5.92 Å². The summed E-state index contributed by atoms with van der Waals surface area (Å²) in [6, 6.07) is 6.16. The van der Waals surface area contributed by atoms with Gasteiger partial charge < -0.3 is 4.74 Å². The molecular formula is C18H24BrNO4S. The molecule has 2 aliphatic rings. The molecule has 1 aromatic carbocycles. The van der Waals surface area contributed by atoms with Gasteiger partial charge in [0.25, 0.3) is 0 Å². The van der Waals surface area contributed by atoms with Crippen LogP contribution in [0.2, 0.25) is 0 Å². The van der Waals surface area contributed by atoms with Crippen LogP contribution in [0.4, 0.5) is 0 Å². The van der Waals surface area contributed by atoms with Crippen molar-refractivity contribution in [1.82, 2.24) is 4.31 Å². The topological polar surface area (TPSA) is 63.7 Å². The third kappa shape index (κ3) is 4.26. The van der Waals surface area contributed by atoms with Crippen LogP contribution in [0.3, 0.4) is 0 Å². The van der Waals surface area contributed by atoms with E-state index >= 15 is 0 Å².